The molecule has 0 spiro atoms. The molecular formula is C16H18BrFN2O. The fourth-order valence-electron chi connectivity index (χ4n) is 2.35. The van der Waals surface area contributed by atoms with Crippen LogP contribution in [-0.4, -0.2) is 12.1 Å². The van der Waals surface area contributed by atoms with Crippen LogP contribution in [0.2, 0.25) is 0 Å². The molecule has 0 bridgehead atoms. The first-order chi connectivity index (χ1) is 9.93. The van der Waals surface area contributed by atoms with Gasteiger partial charge in [-0.2, -0.15) is 0 Å². The summed E-state index contributed by atoms with van der Waals surface area (Å²) in [5.41, 5.74) is 9.97. The number of ether oxygens (including phenoxy) is 1. The highest BCUT2D eigenvalue weighted by Gasteiger charge is 2.15. The lowest BCUT2D eigenvalue weighted by Gasteiger charge is -2.16. The third-order valence-corrected chi connectivity index (χ3v) is 4.14. The van der Waals surface area contributed by atoms with E-state index in [0.29, 0.717) is 10.9 Å². The van der Waals surface area contributed by atoms with Gasteiger partial charge in [-0.3, -0.25) is 4.98 Å². The summed E-state index contributed by atoms with van der Waals surface area (Å²) in [6, 6.07) is 4.57. The quantitative estimate of drug-likeness (QED) is 0.908. The van der Waals surface area contributed by atoms with Crippen molar-refractivity contribution in [2.45, 2.75) is 26.3 Å². The van der Waals surface area contributed by atoms with Gasteiger partial charge in [0, 0.05) is 35.5 Å². The second-order valence-corrected chi connectivity index (χ2v) is 5.88. The molecule has 0 amide bonds. The van der Waals surface area contributed by atoms with Gasteiger partial charge in [-0.05, 0) is 47.5 Å². The van der Waals surface area contributed by atoms with Crippen LogP contribution in [0.5, 0.6) is 5.75 Å². The summed E-state index contributed by atoms with van der Waals surface area (Å²) in [5.74, 6) is 0.546. The third kappa shape index (κ3) is 3.41. The minimum absolute atomic E-state index is 0.250. The Morgan fingerprint density at radius 2 is 2.10 bits per heavy atom. The number of hydrogen-bond donors (Lipinski definition) is 1. The van der Waals surface area contributed by atoms with E-state index in [9.17, 15) is 4.39 Å². The van der Waals surface area contributed by atoms with Crippen molar-refractivity contribution in [2.75, 3.05) is 7.11 Å². The summed E-state index contributed by atoms with van der Waals surface area (Å²) < 4.78 is 19.1. The average molecular weight is 353 g/mol. The second-order valence-electron chi connectivity index (χ2n) is 5.03. The van der Waals surface area contributed by atoms with E-state index in [-0.39, 0.29) is 11.9 Å². The molecule has 0 saturated carbocycles. The molecule has 1 atom stereocenters. The van der Waals surface area contributed by atoms with Gasteiger partial charge in [0.25, 0.3) is 0 Å². The molecule has 0 radical (unpaired) electrons. The van der Waals surface area contributed by atoms with Gasteiger partial charge in [0.05, 0.1) is 11.6 Å². The van der Waals surface area contributed by atoms with Gasteiger partial charge in [-0.1, -0.05) is 6.07 Å². The van der Waals surface area contributed by atoms with E-state index in [1.165, 1.54) is 6.07 Å². The molecule has 2 N–H and O–H groups in total. The monoisotopic (exact) mass is 352 g/mol. The molecule has 2 aromatic rings. The number of pyridine rings is 1. The molecule has 0 fully saturated rings. The Kier molecular flexibility index (Phi) is 4.96. The van der Waals surface area contributed by atoms with Crippen LogP contribution in [0.3, 0.4) is 0 Å². The smallest absolute Gasteiger partial charge is 0.137 e. The van der Waals surface area contributed by atoms with Crippen molar-refractivity contribution < 1.29 is 9.13 Å². The van der Waals surface area contributed by atoms with E-state index in [1.54, 1.807) is 25.4 Å². The minimum atomic E-state index is -0.294. The zero-order valence-electron chi connectivity index (χ0n) is 12.3. The normalized spacial score (nSPS) is 12.3. The van der Waals surface area contributed by atoms with Crippen LogP contribution < -0.4 is 10.5 Å². The molecular weight excluding hydrogens is 335 g/mol. The Hall–Kier alpha value is -1.46. The van der Waals surface area contributed by atoms with Crippen molar-refractivity contribution in [3.05, 3.63) is 57.1 Å². The van der Waals surface area contributed by atoms with Crippen molar-refractivity contribution in [2.24, 2.45) is 5.73 Å². The molecule has 2 rings (SSSR count). The molecule has 0 aliphatic rings. The van der Waals surface area contributed by atoms with Crippen LogP contribution in [-0.2, 0) is 6.42 Å². The first-order valence-corrected chi connectivity index (χ1v) is 7.43. The van der Waals surface area contributed by atoms with Crippen LogP contribution in [0.15, 0.2) is 28.9 Å². The topological polar surface area (TPSA) is 48.1 Å². The standard InChI is InChI=1S/C16H18BrFN2O/c1-9-8-20-15(10(2)16(9)21-3)7-14(19)11-4-5-13(18)12(17)6-11/h4-6,8,14H,7,19H2,1-3H3. The summed E-state index contributed by atoms with van der Waals surface area (Å²) in [4.78, 5) is 4.45. The fraction of sp³-hybridized carbons (Fsp3) is 0.312. The molecule has 0 saturated heterocycles. The summed E-state index contributed by atoms with van der Waals surface area (Å²) in [6.07, 6.45) is 2.36. The minimum Gasteiger partial charge on any atom is -0.496 e. The Morgan fingerprint density at radius 3 is 2.71 bits per heavy atom. The number of nitrogens with zero attached hydrogens (tertiary/aromatic N) is 1. The van der Waals surface area contributed by atoms with Gasteiger partial charge in [-0.25, -0.2) is 4.39 Å². The van der Waals surface area contributed by atoms with Gasteiger partial charge in [0.1, 0.15) is 11.6 Å². The lowest BCUT2D eigenvalue weighted by atomic mass is 9.99. The maximum absolute atomic E-state index is 13.3. The van der Waals surface area contributed by atoms with Crippen LogP contribution in [0, 0.1) is 19.7 Å². The van der Waals surface area contributed by atoms with E-state index < -0.39 is 0 Å². The van der Waals surface area contributed by atoms with Gasteiger partial charge < -0.3 is 10.5 Å². The van der Waals surface area contributed by atoms with Gasteiger partial charge >= 0.3 is 0 Å². The summed E-state index contributed by atoms with van der Waals surface area (Å²) in [7, 11) is 1.65. The first-order valence-electron chi connectivity index (χ1n) is 6.63. The number of methoxy groups -OCH3 is 1. The third-order valence-electron chi connectivity index (χ3n) is 3.53. The molecule has 0 aliphatic carbocycles. The van der Waals surface area contributed by atoms with E-state index in [0.717, 1.165) is 28.1 Å². The Morgan fingerprint density at radius 1 is 1.38 bits per heavy atom. The maximum Gasteiger partial charge on any atom is 0.137 e. The molecule has 112 valence electrons. The summed E-state index contributed by atoms with van der Waals surface area (Å²) in [6.45, 7) is 3.93. The highest BCUT2D eigenvalue weighted by atomic mass is 79.9. The van der Waals surface area contributed by atoms with Crippen molar-refractivity contribution in [3.8, 4) is 5.75 Å². The Balaban J connectivity index is 2.27. The van der Waals surface area contributed by atoms with E-state index in [4.69, 9.17) is 10.5 Å². The van der Waals surface area contributed by atoms with E-state index in [2.05, 4.69) is 20.9 Å². The fourth-order valence-corrected chi connectivity index (χ4v) is 2.74. The van der Waals surface area contributed by atoms with Crippen molar-refractivity contribution >= 4 is 15.9 Å². The predicted molar refractivity (Wildman–Crippen MR) is 85.0 cm³/mol. The van der Waals surface area contributed by atoms with Gasteiger partial charge in [0.15, 0.2) is 0 Å². The van der Waals surface area contributed by atoms with Crippen molar-refractivity contribution in [3.63, 3.8) is 0 Å². The molecule has 1 aromatic carbocycles. The number of benzene rings is 1. The number of nitrogens with two attached hydrogens (primary N) is 1. The van der Waals surface area contributed by atoms with E-state index in [1.807, 2.05) is 13.8 Å². The Bertz CT molecular complexity index is 661. The lowest BCUT2D eigenvalue weighted by Crippen LogP contribution is -2.15. The zero-order valence-corrected chi connectivity index (χ0v) is 13.9. The molecule has 21 heavy (non-hydrogen) atoms. The molecule has 1 aromatic heterocycles. The molecule has 1 unspecified atom stereocenters. The van der Waals surface area contributed by atoms with Crippen molar-refractivity contribution in [1.82, 2.24) is 4.98 Å². The number of aromatic nitrogens is 1. The number of hydrogen-bond acceptors (Lipinski definition) is 3. The molecule has 1 heterocycles. The largest absolute Gasteiger partial charge is 0.496 e. The van der Waals surface area contributed by atoms with E-state index >= 15 is 0 Å². The maximum atomic E-state index is 13.3. The van der Waals surface area contributed by atoms with Crippen LogP contribution in [0.4, 0.5) is 4.39 Å². The summed E-state index contributed by atoms with van der Waals surface area (Å²) in [5, 5.41) is 0. The average Bonchev–Trinajstić information content (AvgIpc) is 2.45. The SMILES string of the molecule is COc1c(C)cnc(CC(N)c2ccc(F)c(Br)c2)c1C. The number of rotatable bonds is 4. The van der Waals surface area contributed by atoms with Crippen LogP contribution >= 0.6 is 15.9 Å². The van der Waals surface area contributed by atoms with Crippen LogP contribution in [0.1, 0.15) is 28.4 Å². The van der Waals surface area contributed by atoms with Crippen molar-refractivity contribution in [1.29, 1.82) is 0 Å². The van der Waals surface area contributed by atoms with Gasteiger partial charge in [0.2, 0.25) is 0 Å². The lowest BCUT2D eigenvalue weighted by molar-refractivity contribution is 0.406. The predicted octanol–water partition coefficient (Wildman–Crippen LogP) is 3.85. The van der Waals surface area contributed by atoms with Gasteiger partial charge in [-0.15, -0.1) is 0 Å². The van der Waals surface area contributed by atoms with Crippen LogP contribution in [0.25, 0.3) is 0 Å². The Labute approximate surface area is 132 Å². The second kappa shape index (κ2) is 6.54. The zero-order chi connectivity index (χ0) is 15.6. The first kappa shape index (κ1) is 15.9. The highest BCUT2D eigenvalue weighted by molar-refractivity contribution is 9.10. The number of aryl methyl sites for hydroxylation is 1. The highest BCUT2D eigenvalue weighted by Crippen LogP contribution is 2.27. The molecule has 0 aliphatic heterocycles. The molecule has 3 nitrogen and oxygen atoms in total. The summed E-state index contributed by atoms with van der Waals surface area (Å²) >= 11 is 3.18. The number of halogens is 2. The molecule has 5 heteroatoms.